The van der Waals surface area contributed by atoms with Gasteiger partial charge in [-0.1, -0.05) is 31.5 Å². The molecule has 0 spiro atoms. The van der Waals surface area contributed by atoms with Gasteiger partial charge in [-0.15, -0.1) is 0 Å². The largest absolute Gasteiger partial charge is 0.385 e. The van der Waals surface area contributed by atoms with Gasteiger partial charge in [0.15, 0.2) is 0 Å². The van der Waals surface area contributed by atoms with E-state index in [9.17, 15) is 0 Å². The van der Waals surface area contributed by atoms with Crippen molar-refractivity contribution in [2.75, 3.05) is 11.9 Å². The van der Waals surface area contributed by atoms with Gasteiger partial charge in [0.1, 0.15) is 0 Å². The SMILES string of the molecule is Cc1ccc2c(c1)C(C)(C)CCCN2. The Morgan fingerprint density at radius 3 is 2.86 bits per heavy atom. The van der Waals surface area contributed by atoms with Crippen molar-refractivity contribution in [1.29, 1.82) is 0 Å². The van der Waals surface area contributed by atoms with E-state index >= 15 is 0 Å². The summed E-state index contributed by atoms with van der Waals surface area (Å²) in [5.74, 6) is 0. The summed E-state index contributed by atoms with van der Waals surface area (Å²) in [7, 11) is 0. The van der Waals surface area contributed by atoms with Crippen LogP contribution in [-0.2, 0) is 5.41 Å². The van der Waals surface area contributed by atoms with Crippen LogP contribution in [0.15, 0.2) is 18.2 Å². The summed E-state index contributed by atoms with van der Waals surface area (Å²) in [6, 6.07) is 6.73. The predicted molar refractivity (Wildman–Crippen MR) is 61.9 cm³/mol. The van der Waals surface area contributed by atoms with E-state index < -0.39 is 0 Å². The molecule has 76 valence electrons. The van der Waals surface area contributed by atoms with Gasteiger partial charge < -0.3 is 5.32 Å². The molecule has 1 N–H and O–H groups in total. The highest BCUT2D eigenvalue weighted by molar-refractivity contribution is 5.56. The lowest BCUT2D eigenvalue weighted by Crippen LogP contribution is -2.16. The van der Waals surface area contributed by atoms with Crippen LogP contribution in [0.3, 0.4) is 0 Å². The molecule has 0 amide bonds. The van der Waals surface area contributed by atoms with Crippen molar-refractivity contribution in [3.63, 3.8) is 0 Å². The number of hydrogen-bond acceptors (Lipinski definition) is 1. The van der Waals surface area contributed by atoms with Crippen LogP contribution in [0, 0.1) is 6.92 Å². The van der Waals surface area contributed by atoms with E-state index in [4.69, 9.17) is 0 Å². The van der Waals surface area contributed by atoms with Crippen LogP contribution in [0.25, 0.3) is 0 Å². The molecule has 2 rings (SSSR count). The third kappa shape index (κ3) is 1.63. The Balaban J connectivity index is 2.52. The first-order valence-corrected chi connectivity index (χ1v) is 5.45. The number of hydrogen-bond donors (Lipinski definition) is 1. The van der Waals surface area contributed by atoms with Crippen LogP contribution in [-0.4, -0.2) is 6.54 Å². The first-order chi connectivity index (χ1) is 6.59. The van der Waals surface area contributed by atoms with Crippen molar-refractivity contribution >= 4 is 5.69 Å². The van der Waals surface area contributed by atoms with Crippen LogP contribution in [0.4, 0.5) is 5.69 Å². The number of rotatable bonds is 0. The van der Waals surface area contributed by atoms with Gasteiger partial charge in [0.05, 0.1) is 0 Å². The molecule has 0 unspecified atom stereocenters. The predicted octanol–water partition coefficient (Wildman–Crippen LogP) is 3.48. The molecule has 0 aromatic heterocycles. The molecule has 1 nitrogen and oxygen atoms in total. The molecular weight excluding hydrogens is 170 g/mol. The summed E-state index contributed by atoms with van der Waals surface area (Å²) in [6.07, 6.45) is 2.54. The average molecular weight is 189 g/mol. The number of nitrogens with one attached hydrogen (secondary N) is 1. The van der Waals surface area contributed by atoms with Crippen LogP contribution >= 0.6 is 0 Å². The monoisotopic (exact) mass is 189 g/mol. The van der Waals surface area contributed by atoms with Gasteiger partial charge >= 0.3 is 0 Å². The molecule has 1 aromatic carbocycles. The maximum absolute atomic E-state index is 3.51. The summed E-state index contributed by atoms with van der Waals surface area (Å²) >= 11 is 0. The normalized spacial score (nSPS) is 19.4. The van der Waals surface area contributed by atoms with Crippen molar-refractivity contribution < 1.29 is 0 Å². The van der Waals surface area contributed by atoms with E-state index in [-0.39, 0.29) is 0 Å². The molecule has 0 saturated heterocycles. The van der Waals surface area contributed by atoms with Crippen LogP contribution in [0.5, 0.6) is 0 Å². The van der Waals surface area contributed by atoms with Gasteiger partial charge in [0, 0.05) is 12.2 Å². The molecule has 1 heterocycles. The molecule has 1 aliphatic heterocycles. The van der Waals surface area contributed by atoms with Gasteiger partial charge in [-0.2, -0.15) is 0 Å². The summed E-state index contributed by atoms with van der Waals surface area (Å²) < 4.78 is 0. The summed E-state index contributed by atoms with van der Waals surface area (Å²) in [4.78, 5) is 0. The Labute approximate surface area is 86.5 Å². The van der Waals surface area contributed by atoms with Crippen molar-refractivity contribution in [1.82, 2.24) is 0 Å². The minimum absolute atomic E-state index is 0.324. The zero-order valence-corrected chi connectivity index (χ0v) is 9.35. The van der Waals surface area contributed by atoms with E-state index in [1.54, 1.807) is 0 Å². The number of anilines is 1. The molecular formula is C13H19N. The fourth-order valence-electron chi connectivity index (χ4n) is 2.26. The van der Waals surface area contributed by atoms with Crippen molar-refractivity contribution in [2.24, 2.45) is 0 Å². The molecule has 1 aromatic rings. The van der Waals surface area contributed by atoms with Gasteiger partial charge in [-0.3, -0.25) is 0 Å². The minimum atomic E-state index is 0.324. The maximum Gasteiger partial charge on any atom is 0.0378 e. The average Bonchev–Trinajstić information content (AvgIpc) is 2.26. The molecule has 14 heavy (non-hydrogen) atoms. The quantitative estimate of drug-likeness (QED) is 0.659. The second-order valence-corrected chi connectivity index (χ2v) is 4.96. The Kier molecular flexibility index (Phi) is 2.26. The fourth-order valence-corrected chi connectivity index (χ4v) is 2.26. The first kappa shape index (κ1) is 9.57. The van der Waals surface area contributed by atoms with Gasteiger partial charge in [0.25, 0.3) is 0 Å². The molecule has 0 radical (unpaired) electrons. The summed E-state index contributed by atoms with van der Waals surface area (Å²) in [5, 5.41) is 3.51. The first-order valence-electron chi connectivity index (χ1n) is 5.45. The highest BCUT2D eigenvalue weighted by Crippen LogP contribution is 2.36. The smallest absolute Gasteiger partial charge is 0.0378 e. The topological polar surface area (TPSA) is 12.0 Å². The van der Waals surface area contributed by atoms with E-state index in [2.05, 4.69) is 44.3 Å². The number of aryl methyl sites for hydroxylation is 1. The van der Waals surface area contributed by atoms with Gasteiger partial charge in [-0.05, 0) is 36.8 Å². The Morgan fingerprint density at radius 1 is 1.29 bits per heavy atom. The van der Waals surface area contributed by atoms with Crippen molar-refractivity contribution in [3.8, 4) is 0 Å². The highest BCUT2D eigenvalue weighted by atomic mass is 14.9. The molecule has 1 aliphatic rings. The molecule has 0 bridgehead atoms. The van der Waals surface area contributed by atoms with Gasteiger partial charge in [0.2, 0.25) is 0 Å². The van der Waals surface area contributed by atoms with Crippen molar-refractivity contribution in [3.05, 3.63) is 29.3 Å². The molecule has 0 atom stereocenters. The van der Waals surface area contributed by atoms with Gasteiger partial charge in [-0.25, -0.2) is 0 Å². The van der Waals surface area contributed by atoms with E-state index in [1.807, 2.05) is 0 Å². The second-order valence-electron chi connectivity index (χ2n) is 4.96. The third-order valence-corrected chi connectivity index (χ3v) is 3.20. The number of benzene rings is 1. The highest BCUT2D eigenvalue weighted by Gasteiger charge is 2.25. The van der Waals surface area contributed by atoms with Crippen molar-refractivity contribution in [2.45, 2.75) is 39.0 Å². The Hall–Kier alpha value is -0.980. The molecule has 0 fully saturated rings. The Morgan fingerprint density at radius 2 is 2.07 bits per heavy atom. The second kappa shape index (κ2) is 3.30. The minimum Gasteiger partial charge on any atom is -0.385 e. The van der Waals surface area contributed by atoms with Crippen LogP contribution < -0.4 is 5.32 Å². The van der Waals surface area contributed by atoms with Crippen LogP contribution in [0.2, 0.25) is 0 Å². The molecule has 1 heteroatoms. The third-order valence-electron chi connectivity index (χ3n) is 3.20. The Bertz CT molecular complexity index is 339. The molecule has 0 saturated carbocycles. The van der Waals surface area contributed by atoms with E-state index in [1.165, 1.54) is 29.7 Å². The van der Waals surface area contributed by atoms with E-state index in [0.717, 1.165) is 6.54 Å². The molecule has 0 aliphatic carbocycles. The maximum atomic E-state index is 3.51. The summed E-state index contributed by atoms with van der Waals surface area (Å²) in [5.41, 5.74) is 4.50. The lowest BCUT2D eigenvalue weighted by atomic mass is 9.80. The zero-order valence-electron chi connectivity index (χ0n) is 9.35. The fraction of sp³-hybridized carbons (Fsp3) is 0.538. The lowest BCUT2D eigenvalue weighted by molar-refractivity contribution is 0.478. The summed E-state index contributed by atoms with van der Waals surface area (Å²) in [6.45, 7) is 7.97. The standard InChI is InChI=1S/C13H19N/c1-10-5-6-12-11(9-10)13(2,3)7-4-8-14-12/h5-6,9,14H,4,7-8H2,1-3H3. The zero-order chi connectivity index (χ0) is 10.2. The van der Waals surface area contributed by atoms with Crippen LogP contribution in [0.1, 0.15) is 37.8 Å². The number of fused-ring (bicyclic) bond motifs is 1. The lowest BCUT2D eigenvalue weighted by Gasteiger charge is -2.25. The van der Waals surface area contributed by atoms with E-state index in [0.29, 0.717) is 5.41 Å².